The molecule has 6 heteroatoms. The largest absolute Gasteiger partial charge is 0.444 e. The van der Waals surface area contributed by atoms with Crippen molar-refractivity contribution in [1.29, 1.82) is 0 Å². The van der Waals surface area contributed by atoms with Gasteiger partial charge in [0.25, 0.3) is 0 Å². The van der Waals surface area contributed by atoms with Crippen molar-refractivity contribution in [3.8, 4) is 0 Å². The number of hydrogen-bond donors (Lipinski definition) is 3. The van der Waals surface area contributed by atoms with Crippen molar-refractivity contribution in [2.45, 2.75) is 71.3 Å². The molecule has 0 aliphatic carbocycles. The van der Waals surface area contributed by atoms with Gasteiger partial charge in [-0.05, 0) is 53.5 Å². The molecule has 1 rings (SSSR count). The number of carbonyl (C=O) groups excluding carboxylic acids is 1. The van der Waals surface area contributed by atoms with E-state index in [9.17, 15) is 9.90 Å². The van der Waals surface area contributed by atoms with Gasteiger partial charge < -0.3 is 15.2 Å². The minimum atomic E-state index is -0.838. The molecule has 0 saturated heterocycles. The Morgan fingerprint density at radius 1 is 1.08 bits per heavy atom. The first kappa shape index (κ1) is 21.4. The molecule has 142 valence electrons. The highest BCUT2D eigenvalue weighted by atomic mass is 16.7. The molecule has 1 aromatic rings. The quantitative estimate of drug-likeness (QED) is 0.658. The van der Waals surface area contributed by atoms with Gasteiger partial charge in [-0.2, -0.15) is 5.48 Å². The van der Waals surface area contributed by atoms with E-state index in [1.807, 2.05) is 51.1 Å². The van der Waals surface area contributed by atoms with Crippen molar-refractivity contribution in [3.63, 3.8) is 0 Å². The van der Waals surface area contributed by atoms with Gasteiger partial charge in [-0.1, -0.05) is 30.3 Å². The van der Waals surface area contributed by atoms with E-state index in [1.165, 1.54) is 0 Å². The Kier molecular flexibility index (Phi) is 7.86. The molecule has 6 nitrogen and oxygen atoms in total. The van der Waals surface area contributed by atoms with Gasteiger partial charge in [-0.25, -0.2) is 4.79 Å². The van der Waals surface area contributed by atoms with Crippen LogP contribution in [0.3, 0.4) is 0 Å². The lowest BCUT2D eigenvalue weighted by molar-refractivity contribution is -0.0857. The molecule has 0 heterocycles. The Bertz CT molecular complexity index is 520. The number of alkyl carbamates (subject to hydrolysis) is 1. The van der Waals surface area contributed by atoms with Crippen LogP contribution in [0.15, 0.2) is 30.3 Å². The summed E-state index contributed by atoms with van der Waals surface area (Å²) in [6, 6.07) is 9.17. The number of hydrogen-bond acceptors (Lipinski definition) is 5. The van der Waals surface area contributed by atoms with Crippen LogP contribution in [-0.4, -0.2) is 41.1 Å². The first-order valence-corrected chi connectivity index (χ1v) is 8.59. The van der Waals surface area contributed by atoms with Gasteiger partial charge in [0.15, 0.2) is 0 Å². The van der Waals surface area contributed by atoms with E-state index in [4.69, 9.17) is 9.57 Å². The van der Waals surface area contributed by atoms with Gasteiger partial charge in [0.2, 0.25) is 0 Å². The molecule has 1 amide bonds. The minimum absolute atomic E-state index is 0.185. The average molecular weight is 352 g/mol. The molecule has 0 aliphatic heterocycles. The third-order valence-electron chi connectivity index (χ3n) is 3.14. The predicted octanol–water partition coefficient (Wildman–Crippen LogP) is 2.80. The van der Waals surface area contributed by atoms with Gasteiger partial charge in [0.05, 0.1) is 17.7 Å². The maximum absolute atomic E-state index is 12.1. The summed E-state index contributed by atoms with van der Waals surface area (Å²) in [6.45, 7) is 11.3. The van der Waals surface area contributed by atoms with Crippen LogP contribution >= 0.6 is 0 Å². The highest BCUT2D eigenvalue weighted by molar-refractivity contribution is 5.68. The fourth-order valence-electron chi connectivity index (χ4n) is 2.10. The van der Waals surface area contributed by atoms with Crippen molar-refractivity contribution in [2.24, 2.45) is 0 Å². The summed E-state index contributed by atoms with van der Waals surface area (Å²) in [5, 5.41) is 13.3. The second-order valence-corrected chi connectivity index (χ2v) is 8.07. The van der Waals surface area contributed by atoms with Crippen molar-refractivity contribution in [3.05, 3.63) is 35.9 Å². The van der Waals surface area contributed by atoms with E-state index >= 15 is 0 Å². The third kappa shape index (κ3) is 10.1. The molecule has 3 N–H and O–H groups in total. The van der Waals surface area contributed by atoms with Crippen LogP contribution in [0.5, 0.6) is 0 Å². The molecule has 2 unspecified atom stereocenters. The van der Waals surface area contributed by atoms with E-state index in [0.29, 0.717) is 6.42 Å². The molecule has 0 saturated carbocycles. The zero-order valence-corrected chi connectivity index (χ0v) is 16.1. The third-order valence-corrected chi connectivity index (χ3v) is 3.14. The van der Waals surface area contributed by atoms with Crippen molar-refractivity contribution in [1.82, 2.24) is 10.8 Å². The molecule has 0 spiro atoms. The van der Waals surface area contributed by atoms with E-state index in [-0.39, 0.29) is 12.1 Å². The van der Waals surface area contributed by atoms with Crippen LogP contribution < -0.4 is 10.8 Å². The standard InChI is InChI=1S/C19H32N2O4/c1-18(2,3)24-17(23)21-15(12-14-10-8-7-9-11-14)16(22)13-20-25-19(4,5)6/h7-11,15-16,20,22H,12-13H2,1-6H3,(H,21,23). The van der Waals surface area contributed by atoms with Gasteiger partial charge >= 0.3 is 6.09 Å². The Morgan fingerprint density at radius 3 is 2.20 bits per heavy atom. The lowest BCUT2D eigenvalue weighted by Crippen LogP contribution is -2.50. The molecule has 25 heavy (non-hydrogen) atoms. The number of nitrogens with one attached hydrogen (secondary N) is 2. The maximum atomic E-state index is 12.1. The summed E-state index contributed by atoms with van der Waals surface area (Å²) in [5.41, 5.74) is 2.82. The molecular weight excluding hydrogens is 320 g/mol. The fourth-order valence-corrected chi connectivity index (χ4v) is 2.10. The van der Waals surface area contributed by atoms with Crippen LogP contribution in [0.4, 0.5) is 4.79 Å². The van der Waals surface area contributed by atoms with Gasteiger partial charge in [0, 0.05) is 6.54 Å². The van der Waals surface area contributed by atoms with Crippen LogP contribution in [0.1, 0.15) is 47.1 Å². The Morgan fingerprint density at radius 2 is 1.68 bits per heavy atom. The number of carbonyl (C=O) groups is 1. The van der Waals surface area contributed by atoms with E-state index in [0.717, 1.165) is 5.56 Å². The number of amides is 1. The topological polar surface area (TPSA) is 79.8 Å². The van der Waals surface area contributed by atoms with Crippen LogP contribution in [-0.2, 0) is 16.0 Å². The van der Waals surface area contributed by atoms with Crippen molar-refractivity contribution < 1.29 is 19.5 Å². The Balaban J connectivity index is 2.71. The molecular formula is C19H32N2O4. The first-order chi connectivity index (χ1) is 11.5. The van der Waals surface area contributed by atoms with Gasteiger partial charge in [-0.3, -0.25) is 4.84 Å². The smallest absolute Gasteiger partial charge is 0.407 e. The normalized spacial score (nSPS) is 14.7. The predicted molar refractivity (Wildman–Crippen MR) is 98.2 cm³/mol. The number of hydroxylamine groups is 1. The minimum Gasteiger partial charge on any atom is -0.444 e. The lowest BCUT2D eigenvalue weighted by atomic mass is 10.0. The van der Waals surface area contributed by atoms with Crippen molar-refractivity contribution >= 4 is 6.09 Å². The summed E-state index contributed by atoms with van der Waals surface area (Å²) in [6.07, 6.45) is -0.905. The Hall–Kier alpha value is -1.63. The second kappa shape index (κ2) is 9.17. The number of rotatable bonds is 7. The number of ether oxygens (including phenoxy) is 1. The highest BCUT2D eigenvalue weighted by Gasteiger charge is 2.25. The molecule has 2 atom stereocenters. The molecule has 0 fully saturated rings. The van der Waals surface area contributed by atoms with Gasteiger partial charge in [0.1, 0.15) is 5.60 Å². The maximum Gasteiger partial charge on any atom is 0.407 e. The molecule has 1 aromatic carbocycles. The zero-order valence-electron chi connectivity index (χ0n) is 16.1. The monoisotopic (exact) mass is 352 g/mol. The zero-order chi connectivity index (χ0) is 19.1. The first-order valence-electron chi connectivity index (χ1n) is 8.59. The number of aliphatic hydroxyl groups is 1. The SMILES string of the molecule is CC(C)(C)ONCC(O)C(Cc1ccccc1)NC(=O)OC(C)(C)C. The summed E-state index contributed by atoms with van der Waals surface area (Å²) < 4.78 is 5.30. The Labute approximate surface area is 150 Å². The summed E-state index contributed by atoms with van der Waals surface area (Å²) >= 11 is 0. The van der Waals surface area contributed by atoms with Gasteiger partial charge in [-0.15, -0.1) is 0 Å². The molecule has 0 aromatic heterocycles. The van der Waals surface area contributed by atoms with Crippen LogP contribution in [0.2, 0.25) is 0 Å². The summed E-state index contributed by atoms with van der Waals surface area (Å²) in [5.74, 6) is 0. The van der Waals surface area contributed by atoms with Crippen LogP contribution in [0, 0.1) is 0 Å². The number of benzene rings is 1. The number of aliphatic hydroxyl groups excluding tert-OH is 1. The van der Waals surface area contributed by atoms with Crippen molar-refractivity contribution in [2.75, 3.05) is 6.54 Å². The highest BCUT2D eigenvalue weighted by Crippen LogP contribution is 2.11. The molecule has 0 aliphatic rings. The average Bonchev–Trinajstić information content (AvgIpc) is 2.44. The van der Waals surface area contributed by atoms with E-state index < -0.39 is 23.8 Å². The van der Waals surface area contributed by atoms with Crippen LogP contribution in [0.25, 0.3) is 0 Å². The second-order valence-electron chi connectivity index (χ2n) is 8.07. The fraction of sp³-hybridized carbons (Fsp3) is 0.632. The summed E-state index contributed by atoms with van der Waals surface area (Å²) in [7, 11) is 0. The van der Waals surface area contributed by atoms with E-state index in [1.54, 1.807) is 20.8 Å². The molecule has 0 bridgehead atoms. The summed E-state index contributed by atoms with van der Waals surface area (Å²) in [4.78, 5) is 17.5. The molecule has 0 radical (unpaired) electrons. The van der Waals surface area contributed by atoms with E-state index in [2.05, 4.69) is 10.8 Å². The lowest BCUT2D eigenvalue weighted by Gasteiger charge is -2.28.